The second-order valence-electron chi connectivity index (χ2n) is 7.11. The van der Waals surface area contributed by atoms with Crippen molar-refractivity contribution in [3.63, 3.8) is 0 Å². The number of anilines is 1. The number of carbonyl (C=O) groups excluding carboxylic acids is 4. The first-order valence-corrected chi connectivity index (χ1v) is 10.3. The van der Waals surface area contributed by atoms with Crippen molar-refractivity contribution in [2.75, 3.05) is 44.2 Å². The highest BCUT2D eigenvalue weighted by Crippen LogP contribution is 2.14. The first-order valence-electron chi connectivity index (χ1n) is 10.3. The van der Waals surface area contributed by atoms with Crippen molar-refractivity contribution in [3.8, 4) is 0 Å². The summed E-state index contributed by atoms with van der Waals surface area (Å²) in [6.07, 6.45) is 0.0350. The second-order valence-corrected chi connectivity index (χ2v) is 7.11. The summed E-state index contributed by atoms with van der Waals surface area (Å²) in [5.74, 6) is -0.980. The highest BCUT2D eigenvalue weighted by Gasteiger charge is 2.22. The Labute approximate surface area is 177 Å². The molecule has 0 spiro atoms. The van der Waals surface area contributed by atoms with Gasteiger partial charge in [0.15, 0.2) is 0 Å². The summed E-state index contributed by atoms with van der Waals surface area (Å²) >= 11 is 0. The summed E-state index contributed by atoms with van der Waals surface area (Å²) in [7, 11) is 0. The van der Waals surface area contributed by atoms with Crippen molar-refractivity contribution in [3.05, 3.63) is 29.8 Å². The van der Waals surface area contributed by atoms with E-state index in [-0.39, 0.29) is 24.7 Å². The van der Waals surface area contributed by atoms with E-state index in [1.165, 1.54) is 6.92 Å². The van der Waals surface area contributed by atoms with Gasteiger partial charge in [-0.1, -0.05) is 0 Å². The molecule has 0 radical (unpaired) electrons. The average molecular weight is 418 g/mol. The molecular weight excluding hydrogens is 386 g/mol. The van der Waals surface area contributed by atoms with Crippen LogP contribution in [0.4, 0.5) is 5.69 Å². The maximum absolute atomic E-state index is 12.2. The summed E-state index contributed by atoms with van der Waals surface area (Å²) in [5.41, 5.74) is 6.19. The van der Waals surface area contributed by atoms with Crippen LogP contribution in [-0.2, 0) is 14.4 Å². The quantitative estimate of drug-likeness (QED) is 0.638. The van der Waals surface area contributed by atoms with E-state index in [4.69, 9.17) is 0 Å². The number of benzene rings is 1. The number of amides is 4. The molecule has 1 saturated heterocycles. The Kier molecular flexibility index (Phi) is 8.64. The van der Waals surface area contributed by atoms with Crippen molar-refractivity contribution < 1.29 is 19.2 Å². The fourth-order valence-corrected chi connectivity index (χ4v) is 3.32. The molecule has 0 aromatic heterocycles. The molecule has 9 heteroatoms. The summed E-state index contributed by atoms with van der Waals surface area (Å²) in [4.78, 5) is 53.2. The van der Waals surface area contributed by atoms with Crippen LogP contribution in [0.3, 0.4) is 0 Å². The van der Waals surface area contributed by atoms with Gasteiger partial charge >= 0.3 is 0 Å². The molecule has 1 aromatic rings. The first-order chi connectivity index (χ1) is 14.3. The third-order valence-corrected chi connectivity index (χ3v) is 5.22. The zero-order valence-electron chi connectivity index (χ0n) is 17.9. The number of nitrogens with zero attached hydrogens (tertiary/aromatic N) is 3. The van der Waals surface area contributed by atoms with E-state index in [0.29, 0.717) is 31.7 Å². The Morgan fingerprint density at radius 1 is 0.867 bits per heavy atom. The number of hydrazine groups is 1. The van der Waals surface area contributed by atoms with Gasteiger partial charge in [0.05, 0.1) is 0 Å². The molecule has 164 valence electrons. The summed E-state index contributed by atoms with van der Waals surface area (Å²) < 4.78 is 0. The average Bonchev–Trinajstić information content (AvgIpc) is 2.77. The molecule has 2 rings (SSSR count). The van der Waals surface area contributed by atoms with Crippen molar-refractivity contribution in [1.29, 1.82) is 0 Å². The van der Waals surface area contributed by atoms with Gasteiger partial charge in [0, 0.05) is 70.3 Å². The van der Waals surface area contributed by atoms with Gasteiger partial charge in [-0.05, 0) is 38.1 Å². The molecule has 0 aliphatic carbocycles. The Balaban J connectivity index is 1.72. The van der Waals surface area contributed by atoms with Crippen LogP contribution < -0.4 is 15.8 Å². The molecular formula is C21H31N5O4. The molecule has 0 atom stereocenters. The standard InChI is InChI=1S/C21H31N5O4/c1-4-24(5-2)18-8-6-17(7-9-18)21(30)23-22-19(28)10-11-20(29)26-14-12-25(13-15-26)16(3)27/h6-9H,4-5,10-15H2,1-3H3,(H,22,28)(H,23,30). The van der Waals surface area contributed by atoms with Gasteiger partial charge in [-0.15, -0.1) is 0 Å². The predicted molar refractivity (Wildman–Crippen MR) is 114 cm³/mol. The Bertz CT molecular complexity index is 753. The normalized spacial score (nSPS) is 13.6. The lowest BCUT2D eigenvalue weighted by Gasteiger charge is -2.34. The molecule has 1 heterocycles. The van der Waals surface area contributed by atoms with Crippen molar-refractivity contribution in [1.82, 2.24) is 20.7 Å². The zero-order valence-corrected chi connectivity index (χ0v) is 17.9. The SMILES string of the molecule is CCN(CC)c1ccc(C(=O)NNC(=O)CCC(=O)N2CCN(C(C)=O)CC2)cc1. The van der Waals surface area contributed by atoms with Gasteiger partial charge in [-0.3, -0.25) is 30.0 Å². The van der Waals surface area contributed by atoms with E-state index < -0.39 is 11.8 Å². The van der Waals surface area contributed by atoms with Crippen LogP contribution >= 0.6 is 0 Å². The lowest BCUT2D eigenvalue weighted by molar-refractivity contribution is -0.139. The zero-order chi connectivity index (χ0) is 22.1. The van der Waals surface area contributed by atoms with E-state index in [1.807, 2.05) is 12.1 Å². The molecule has 0 bridgehead atoms. The number of nitrogens with one attached hydrogen (secondary N) is 2. The van der Waals surface area contributed by atoms with Crippen LogP contribution in [0.1, 0.15) is 44.0 Å². The smallest absolute Gasteiger partial charge is 0.269 e. The third-order valence-electron chi connectivity index (χ3n) is 5.22. The van der Waals surface area contributed by atoms with Gasteiger partial charge in [-0.2, -0.15) is 0 Å². The Hall–Kier alpha value is -3.10. The lowest BCUT2D eigenvalue weighted by Crippen LogP contribution is -2.50. The molecule has 0 saturated carbocycles. The number of hydrogen-bond donors (Lipinski definition) is 2. The molecule has 1 aromatic carbocycles. The largest absolute Gasteiger partial charge is 0.372 e. The molecule has 1 aliphatic heterocycles. The minimum atomic E-state index is -0.432. The third kappa shape index (κ3) is 6.47. The topological polar surface area (TPSA) is 102 Å². The van der Waals surface area contributed by atoms with E-state index in [2.05, 4.69) is 29.6 Å². The van der Waals surface area contributed by atoms with Crippen LogP contribution in [0.25, 0.3) is 0 Å². The van der Waals surface area contributed by atoms with Crippen LogP contribution in [0.15, 0.2) is 24.3 Å². The minimum absolute atomic E-state index is 0.0000819. The monoisotopic (exact) mass is 417 g/mol. The molecule has 30 heavy (non-hydrogen) atoms. The van der Waals surface area contributed by atoms with Gasteiger partial charge in [0.1, 0.15) is 0 Å². The fourth-order valence-electron chi connectivity index (χ4n) is 3.32. The number of rotatable bonds is 7. The van der Waals surface area contributed by atoms with Gasteiger partial charge in [-0.25, -0.2) is 0 Å². The predicted octanol–water partition coefficient (Wildman–Crippen LogP) is 0.765. The highest BCUT2D eigenvalue weighted by atomic mass is 16.2. The molecule has 0 unspecified atom stereocenters. The van der Waals surface area contributed by atoms with Crippen molar-refractivity contribution in [2.45, 2.75) is 33.6 Å². The number of hydrogen-bond acceptors (Lipinski definition) is 5. The summed E-state index contributed by atoms with van der Waals surface area (Å²) in [6, 6.07) is 7.15. The lowest BCUT2D eigenvalue weighted by atomic mass is 10.2. The fraction of sp³-hybridized carbons (Fsp3) is 0.524. The Morgan fingerprint density at radius 2 is 1.43 bits per heavy atom. The van der Waals surface area contributed by atoms with E-state index in [9.17, 15) is 19.2 Å². The first kappa shape index (κ1) is 23.2. The summed E-state index contributed by atoms with van der Waals surface area (Å²) in [5, 5.41) is 0. The van der Waals surface area contributed by atoms with E-state index in [1.54, 1.807) is 21.9 Å². The highest BCUT2D eigenvalue weighted by molar-refractivity contribution is 5.96. The van der Waals surface area contributed by atoms with E-state index in [0.717, 1.165) is 18.8 Å². The van der Waals surface area contributed by atoms with E-state index >= 15 is 0 Å². The van der Waals surface area contributed by atoms with Crippen LogP contribution in [0.2, 0.25) is 0 Å². The van der Waals surface area contributed by atoms with Gasteiger partial charge < -0.3 is 14.7 Å². The second kappa shape index (κ2) is 11.2. The van der Waals surface area contributed by atoms with Crippen LogP contribution in [-0.4, -0.2) is 72.7 Å². The van der Waals surface area contributed by atoms with Gasteiger partial charge in [0.25, 0.3) is 5.91 Å². The Morgan fingerprint density at radius 3 is 1.97 bits per heavy atom. The number of piperazine rings is 1. The summed E-state index contributed by atoms with van der Waals surface area (Å²) in [6.45, 7) is 9.36. The number of carbonyl (C=O) groups is 4. The molecule has 4 amide bonds. The van der Waals surface area contributed by atoms with Crippen LogP contribution in [0.5, 0.6) is 0 Å². The molecule has 1 aliphatic rings. The molecule has 1 fully saturated rings. The van der Waals surface area contributed by atoms with Crippen molar-refractivity contribution >= 4 is 29.3 Å². The molecule has 2 N–H and O–H groups in total. The van der Waals surface area contributed by atoms with Crippen LogP contribution in [0, 0.1) is 0 Å². The minimum Gasteiger partial charge on any atom is -0.372 e. The van der Waals surface area contributed by atoms with Gasteiger partial charge in [0.2, 0.25) is 17.7 Å². The maximum atomic E-state index is 12.2. The molecule has 9 nitrogen and oxygen atoms in total. The van der Waals surface area contributed by atoms with Crippen molar-refractivity contribution in [2.24, 2.45) is 0 Å². The maximum Gasteiger partial charge on any atom is 0.269 e.